The minimum Gasteiger partial charge on any atom is -0.497 e. The standard InChI is InChI=1S/C16H17N5O2S/c1-10-15(11-3-5-12(23-2)6-4-11)20-16(24-10)19-14(22)8-7-13-17-9-18-21-13/h3-6,9H,7-8H2,1-2H3,(H,17,18,21)(H,19,20,22). The molecule has 2 heterocycles. The van der Waals surface area contributed by atoms with Gasteiger partial charge in [0.2, 0.25) is 5.91 Å². The monoisotopic (exact) mass is 343 g/mol. The molecule has 0 bridgehead atoms. The first kappa shape index (κ1) is 16.1. The molecule has 0 aliphatic heterocycles. The normalized spacial score (nSPS) is 10.6. The lowest BCUT2D eigenvalue weighted by molar-refractivity contribution is -0.116. The topological polar surface area (TPSA) is 92.8 Å². The first-order valence-corrected chi connectivity index (χ1v) is 8.23. The molecule has 0 aliphatic carbocycles. The molecule has 124 valence electrons. The number of carbonyl (C=O) groups is 1. The first-order valence-electron chi connectivity index (χ1n) is 7.41. The van der Waals surface area contributed by atoms with Crippen LogP contribution < -0.4 is 10.1 Å². The summed E-state index contributed by atoms with van der Waals surface area (Å²) in [5.41, 5.74) is 1.86. The molecule has 0 fully saturated rings. The van der Waals surface area contributed by atoms with E-state index >= 15 is 0 Å². The number of nitrogens with zero attached hydrogens (tertiary/aromatic N) is 3. The molecule has 0 atom stereocenters. The van der Waals surface area contributed by atoms with E-state index < -0.39 is 0 Å². The quantitative estimate of drug-likeness (QED) is 0.718. The van der Waals surface area contributed by atoms with Crippen molar-refractivity contribution in [2.45, 2.75) is 19.8 Å². The number of aromatic amines is 1. The highest BCUT2D eigenvalue weighted by molar-refractivity contribution is 7.16. The predicted octanol–water partition coefficient (Wildman–Crippen LogP) is 2.82. The number of ether oxygens (including phenoxy) is 1. The largest absolute Gasteiger partial charge is 0.497 e. The molecule has 0 radical (unpaired) electrons. The van der Waals surface area contributed by atoms with Gasteiger partial charge in [-0.2, -0.15) is 5.10 Å². The van der Waals surface area contributed by atoms with Crippen LogP contribution in [0.4, 0.5) is 5.13 Å². The summed E-state index contributed by atoms with van der Waals surface area (Å²) in [4.78, 5) is 21.6. The van der Waals surface area contributed by atoms with Gasteiger partial charge in [0, 0.05) is 23.3 Å². The van der Waals surface area contributed by atoms with Crippen LogP contribution in [0, 0.1) is 6.92 Å². The highest BCUT2D eigenvalue weighted by Gasteiger charge is 2.12. The number of amides is 1. The molecule has 0 unspecified atom stereocenters. The van der Waals surface area contributed by atoms with E-state index in [1.54, 1.807) is 7.11 Å². The number of H-pyrrole nitrogens is 1. The Morgan fingerprint density at radius 1 is 1.33 bits per heavy atom. The van der Waals surface area contributed by atoms with Gasteiger partial charge in [0.1, 0.15) is 17.9 Å². The Morgan fingerprint density at radius 2 is 2.12 bits per heavy atom. The molecule has 0 aliphatic rings. The van der Waals surface area contributed by atoms with Crippen LogP contribution in [0.5, 0.6) is 5.75 Å². The van der Waals surface area contributed by atoms with Gasteiger partial charge in [0.05, 0.1) is 12.8 Å². The number of aryl methyl sites for hydroxylation is 2. The van der Waals surface area contributed by atoms with E-state index in [-0.39, 0.29) is 5.91 Å². The fourth-order valence-electron chi connectivity index (χ4n) is 2.23. The lowest BCUT2D eigenvalue weighted by Crippen LogP contribution is -2.12. The number of hydrogen-bond donors (Lipinski definition) is 2. The second-order valence-corrected chi connectivity index (χ2v) is 6.34. The van der Waals surface area contributed by atoms with Gasteiger partial charge in [0.15, 0.2) is 5.13 Å². The van der Waals surface area contributed by atoms with Crippen molar-refractivity contribution in [1.82, 2.24) is 20.2 Å². The summed E-state index contributed by atoms with van der Waals surface area (Å²) in [6, 6.07) is 7.69. The van der Waals surface area contributed by atoms with Gasteiger partial charge < -0.3 is 10.1 Å². The molecule has 3 aromatic rings. The van der Waals surface area contributed by atoms with Gasteiger partial charge in [-0.3, -0.25) is 9.89 Å². The van der Waals surface area contributed by atoms with Crippen LogP contribution in [-0.4, -0.2) is 33.2 Å². The Hall–Kier alpha value is -2.74. The van der Waals surface area contributed by atoms with E-state index in [0.717, 1.165) is 21.9 Å². The van der Waals surface area contributed by atoms with Gasteiger partial charge in [-0.25, -0.2) is 9.97 Å². The second kappa shape index (κ2) is 7.22. The van der Waals surface area contributed by atoms with Crippen LogP contribution in [0.25, 0.3) is 11.3 Å². The summed E-state index contributed by atoms with van der Waals surface area (Å²) in [7, 11) is 1.63. The summed E-state index contributed by atoms with van der Waals surface area (Å²) < 4.78 is 5.16. The number of thiazole rings is 1. The molecule has 1 aromatic carbocycles. The molecule has 2 aromatic heterocycles. The summed E-state index contributed by atoms with van der Waals surface area (Å²) in [5, 5.41) is 9.93. The number of nitrogens with one attached hydrogen (secondary N) is 2. The van der Waals surface area contributed by atoms with Crippen molar-refractivity contribution in [2.24, 2.45) is 0 Å². The first-order chi connectivity index (χ1) is 11.7. The fraction of sp³-hybridized carbons (Fsp3) is 0.250. The highest BCUT2D eigenvalue weighted by atomic mass is 32.1. The summed E-state index contributed by atoms with van der Waals surface area (Å²) in [6.45, 7) is 1.99. The SMILES string of the molecule is COc1ccc(-c2nc(NC(=O)CCc3ncn[nH]3)sc2C)cc1. The number of anilines is 1. The Morgan fingerprint density at radius 3 is 2.79 bits per heavy atom. The number of methoxy groups -OCH3 is 1. The van der Waals surface area contributed by atoms with Crippen LogP contribution in [0.2, 0.25) is 0 Å². The average Bonchev–Trinajstić information content (AvgIpc) is 3.23. The number of benzene rings is 1. The molecular formula is C16H17N5O2S. The van der Waals surface area contributed by atoms with Crippen molar-refractivity contribution in [3.8, 4) is 17.0 Å². The minimum atomic E-state index is -0.0959. The number of carbonyl (C=O) groups excluding carboxylic acids is 1. The summed E-state index contributed by atoms with van der Waals surface area (Å²) >= 11 is 1.46. The maximum absolute atomic E-state index is 12.0. The molecular weight excluding hydrogens is 326 g/mol. The van der Waals surface area contributed by atoms with E-state index in [0.29, 0.717) is 23.8 Å². The van der Waals surface area contributed by atoms with E-state index in [2.05, 4.69) is 25.5 Å². The smallest absolute Gasteiger partial charge is 0.226 e. The third-order valence-electron chi connectivity index (χ3n) is 3.46. The molecule has 8 heteroatoms. The molecule has 24 heavy (non-hydrogen) atoms. The summed E-state index contributed by atoms with van der Waals surface area (Å²) in [5.74, 6) is 1.40. The van der Waals surface area contributed by atoms with Gasteiger partial charge in [0.25, 0.3) is 0 Å². The van der Waals surface area contributed by atoms with Gasteiger partial charge in [-0.1, -0.05) is 0 Å². The zero-order chi connectivity index (χ0) is 16.9. The maximum atomic E-state index is 12.0. The summed E-state index contributed by atoms with van der Waals surface area (Å²) in [6.07, 6.45) is 2.27. The fourth-order valence-corrected chi connectivity index (χ4v) is 3.08. The van der Waals surface area contributed by atoms with E-state index in [1.165, 1.54) is 17.7 Å². The predicted molar refractivity (Wildman–Crippen MR) is 92.2 cm³/mol. The lowest BCUT2D eigenvalue weighted by atomic mass is 10.1. The Bertz CT molecular complexity index is 812. The van der Waals surface area contributed by atoms with E-state index in [4.69, 9.17) is 4.74 Å². The highest BCUT2D eigenvalue weighted by Crippen LogP contribution is 2.31. The van der Waals surface area contributed by atoms with Crippen LogP contribution in [0.15, 0.2) is 30.6 Å². The van der Waals surface area contributed by atoms with Crippen molar-refractivity contribution in [1.29, 1.82) is 0 Å². The Labute approximate surface area is 143 Å². The molecule has 7 nitrogen and oxygen atoms in total. The molecule has 0 saturated heterocycles. The Balaban J connectivity index is 1.65. The van der Waals surface area contributed by atoms with Crippen LogP contribution >= 0.6 is 11.3 Å². The zero-order valence-electron chi connectivity index (χ0n) is 13.4. The van der Waals surface area contributed by atoms with Crippen LogP contribution in [0.1, 0.15) is 17.1 Å². The number of aromatic nitrogens is 4. The van der Waals surface area contributed by atoms with Crippen molar-refractivity contribution in [3.05, 3.63) is 41.3 Å². The molecule has 3 rings (SSSR count). The Kier molecular flexibility index (Phi) is 4.85. The van der Waals surface area contributed by atoms with Crippen molar-refractivity contribution >= 4 is 22.4 Å². The molecule has 0 saturated carbocycles. The van der Waals surface area contributed by atoms with Crippen LogP contribution in [0.3, 0.4) is 0 Å². The number of hydrogen-bond acceptors (Lipinski definition) is 6. The average molecular weight is 343 g/mol. The zero-order valence-corrected chi connectivity index (χ0v) is 14.2. The third-order valence-corrected chi connectivity index (χ3v) is 4.35. The van der Waals surface area contributed by atoms with Crippen molar-refractivity contribution < 1.29 is 9.53 Å². The number of rotatable bonds is 6. The van der Waals surface area contributed by atoms with Crippen molar-refractivity contribution in [3.63, 3.8) is 0 Å². The van der Waals surface area contributed by atoms with E-state index in [9.17, 15) is 4.79 Å². The van der Waals surface area contributed by atoms with Gasteiger partial charge in [-0.05, 0) is 31.2 Å². The maximum Gasteiger partial charge on any atom is 0.226 e. The van der Waals surface area contributed by atoms with E-state index in [1.807, 2.05) is 31.2 Å². The van der Waals surface area contributed by atoms with Gasteiger partial charge in [-0.15, -0.1) is 11.3 Å². The second-order valence-electron chi connectivity index (χ2n) is 5.13. The van der Waals surface area contributed by atoms with Crippen molar-refractivity contribution in [2.75, 3.05) is 12.4 Å². The van der Waals surface area contributed by atoms with Gasteiger partial charge >= 0.3 is 0 Å². The molecule has 1 amide bonds. The molecule has 2 N–H and O–H groups in total. The lowest BCUT2D eigenvalue weighted by Gasteiger charge is -2.02. The minimum absolute atomic E-state index is 0.0959. The third kappa shape index (κ3) is 3.77. The molecule has 0 spiro atoms. The van der Waals surface area contributed by atoms with Crippen LogP contribution in [-0.2, 0) is 11.2 Å².